The molecule has 1 aromatic rings. The van der Waals surface area contributed by atoms with Crippen molar-refractivity contribution < 1.29 is 15.0 Å². The summed E-state index contributed by atoms with van der Waals surface area (Å²) in [6.07, 6.45) is 0.223. The number of amides is 1. The minimum atomic E-state index is -0.200. The molecule has 1 aromatic carbocycles. The Balaban J connectivity index is 2.78. The van der Waals surface area contributed by atoms with E-state index >= 15 is 0 Å². The molecule has 0 bridgehead atoms. The molecule has 0 saturated carbocycles. The molecular weight excluding hydrogens is 182 g/mol. The topological polar surface area (TPSA) is 60.8 Å². The Morgan fingerprint density at radius 2 is 1.93 bits per heavy atom. The fourth-order valence-electron chi connectivity index (χ4n) is 1.01. The van der Waals surface area contributed by atoms with E-state index in [0.29, 0.717) is 5.56 Å². The summed E-state index contributed by atoms with van der Waals surface area (Å²) >= 11 is 0. The van der Waals surface area contributed by atoms with Crippen LogP contribution in [0.4, 0.5) is 0 Å². The van der Waals surface area contributed by atoms with Gasteiger partial charge in [0.2, 0.25) is 5.91 Å². The van der Waals surface area contributed by atoms with E-state index in [1.165, 1.54) is 17.0 Å². The zero-order chi connectivity index (χ0) is 10.7. The first-order valence-corrected chi connectivity index (χ1v) is 4.21. The molecule has 0 unspecified atom stereocenters. The fourth-order valence-corrected chi connectivity index (χ4v) is 1.01. The Morgan fingerprint density at radius 3 is 2.43 bits per heavy atom. The minimum absolute atomic E-state index is 0.0462. The van der Waals surface area contributed by atoms with E-state index in [1.807, 2.05) is 0 Å². The molecule has 0 aromatic heterocycles. The van der Waals surface area contributed by atoms with Gasteiger partial charge >= 0.3 is 0 Å². The van der Waals surface area contributed by atoms with Crippen molar-refractivity contribution in [2.75, 3.05) is 14.1 Å². The van der Waals surface area contributed by atoms with Gasteiger partial charge < -0.3 is 15.1 Å². The van der Waals surface area contributed by atoms with Gasteiger partial charge in [-0.15, -0.1) is 0 Å². The molecule has 0 heterocycles. The van der Waals surface area contributed by atoms with Gasteiger partial charge in [0, 0.05) is 14.1 Å². The van der Waals surface area contributed by atoms with Crippen molar-refractivity contribution in [3.63, 3.8) is 0 Å². The largest absolute Gasteiger partial charge is 0.504 e. The number of phenolic OH excluding ortho intramolecular Hbond substituents is 2. The number of hydrogen-bond donors (Lipinski definition) is 2. The monoisotopic (exact) mass is 195 g/mol. The second kappa shape index (κ2) is 4.00. The van der Waals surface area contributed by atoms with Crippen LogP contribution in [0.3, 0.4) is 0 Å². The van der Waals surface area contributed by atoms with Crippen molar-refractivity contribution in [3.05, 3.63) is 23.8 Å². The van der Waals surface area contributed by atoms with Gasteiger partial charge in [-0.1, -0.05) is 6.07 Å². The van der Waals surface area contributed by atoms with Crippen molar-refractivity contribution >= 4 is 5.91 Å². The van der Waals surface area contributed by atoms with E-state index in [1.54, 1.807) is 20.2 Å². The summed E-state index contributed by atoms with van der Waals surface area (Å²) in [6, 6.07) is 4.36. The maximum Gasteiger partial charge on any atom is 0.226 e. The maximum atomic E-state index is 11.3. The molecule has 2 N–H and O–H groups in total. The second-order valence-corrected chi connectivity index (χ2v) is 3.29. The highest BCUT2D eigenvalue weighted by molar-refractivity contribution is 5.78. The lowest BCUT2D eigenvalue weighted by atomic mass is 10.1. The molecule has 4 heteroatoms. The van der Waals surface area contributed by atoms with Crippen molar-refractivity contribution in [2.45, 2.75) is 6.42 Å². The van der Waals surface area contributed by atoms with Gasteiger partial charge in [-0.05, 0) is 17.7 Å². The molecule has 4 nitrogen and oxygen atoms in total. The number of hydrogen-bond acceptors (Lipinski definition) is 3. The SMILES string of the molecule is CN(C)C(=O)Cc1ccc(O)c(O)c1. The Hall–Kier alpha value is -1.71. The lowest BCUT2D eigenvalue weighted by Crippen LogP contribution is -2.23. The molecule has 0 aliphatic rings. The Labute approximate surface area is 82.4 Å². The first-order valence-electron chi connectivity index (χ1n) is 4.21. The highest BCUT2D eigenvalue weighted by Gasteiger charge is 2.07. The summed E-state index contributed by atoms with van der Waals surface area (Å²) in [6.45, 7) is 0. The molecule has 0 aliphatic carbocycles. The predicted molar refractivity (Wildman–Crippen MR) is 52.2 cm³/mol. The van der Waals surface area contributed by atoms with Crippen LogP contribution in [0.25, 0.3) is 0 Å². The fraction of sp³-hybridized carbons (Fsp3) is 0.300. The molecule has 1 amide bonds. The molecule has 76 valence electrons. The van der Waals surface area contributed by atoms with E-state index in [4.69, 9.17) is 5.11 Å². The number of phenols is 2. The van der Waals surface area contributed by atoms with Gasteiger partial charge in [0.25, 0.3) is 0 Å². The maximum absolute atomic E-state index is 11.3. The van der Waals surface area contributed by atoms with E-state index in [9.17, 15) is 9.90 Å². The highest BCUT2D eigenvalue weighted by atomic mass is 16.3. The van der Waals surface area contributed by atoms with Crippen LogP contribution in [-0.4, -0.2) is 35.1 Å². The van der Waals surface area contributed by atoms with Crippen LogP contribution in [-0.2, 0) is 11.2 Å². The molecule has 0 saturated heterocycles. The van der Waals surface area contributed by atoms with Gasteiger partial charge in [0.1, 0.15) is 0 Å². The zero-order valence-corrected chi connectivity index (χ0v) is 8.19. The predicted octanol–water partition coefficient (Wildman–Crippen LogP) is 0.728. The van der Waals surface area contributed by atoms with Crippen LogP contribution in [0, 0.1) is 0 Å². The summed E-state index contributed by atoms with van der Waals surface area (Å²) in [7, 11) is 3.34. The van der Waals surface area contributed by atoms with E-state index in [2.05, 4.69) is 0 Å². The summed E-state index contributed by atoms with van der Waals surface area (Å²) in [5, 5.41) is 18.2. The third-order valence-corrected chi connectivity index (χ3v) is 1.89. The summed E-state index contributed by atoms with van der Waals surface area (Å²) < 4.78 is 0. The number of rotatable bonds is 2. The number of carbonyl (C=O) groups is 1. The Morgan fingerprint density at radius 1 is 1.29 bits per heavy atom. The van der Waals surface area contributed by atoms with Crippen LogP contribution in [0.2, 0.25) is 0 Å². The lowest BCUT2D eigenvalue weighted by Gasteiger charge is -2.10. The van der Waals surface area contributed by atoms with Gasteiger partial charge in [0.05, 0.1) is 6.42 Å². The third-order valence-electron chi connectivity index (χ3n) is 1.89. The molecule has 0 spiro atoms. The summed E-state index contributed by atoms with van der Waals surface area (Å²) in [5.41, 5.74) is 0.680. The van der Waals surface area contributed by atoms with Crippen molar-refractivity contribution in [1.82, 2.24) is 4.90 Å². The number of aromatic hydroxyl groups is 2. The van der Waals surface area contributed by atoms with E-state index < -0.39 is 0 Å². The van der Waals surface area contributed by atoms with E-state index in [0.717, 1.165) is 0 Å². The average Bonchev–Trinajstić information content (AvgIpc) is 2.11. The van der Waals surface area contributed by atoms with Gasteiger partial charge in [-0.3, -0.25) is 4.79 Å². The van der Waals surface area contributed by atoms with Crippen molar-refractivity contribution in [3.8, 4) is 11.5 Å². The highest BCUT2D eigenvalue weighted by Crippen LogP contribution is 2.25. The first kappa shape index (κ1) is 10.4. The first-order chi connectivity index (χ1) is 6.50. The molecular formula is C10H13NO3. The molecule has 1 rings (SSSR count). The van der Waals surface area contributed by atoms with Crippen molar-refractivity contribution in [1.29, 1.82) is 0 Å². The lowest BCUT2D eigenvalue weighted by molar-refractivity contribution is -0.127. The number of benzene rings is 1. The summed E-state index contributed by atoms with van der Waals surface area (Å²) in [4.78, 5) is 12.8. The summed E-state index contributed by atoms with van der Waals surface area (Å²) in [5.74, 6) is -0.421. The standard InChI is InChI=1S/C10H13NO3/c1-11(2)10(14)6-7-3-4-8(12)9(13)5-7/h3-5,12-13H,6H2,1-2H3. The molecule has 0 atom stereocenters. The molecule has 0 radical (unpaired) electrons. The van der Waals surface area contributed by atoms with E-state index in [-0.39, 0.29) is 23.8 Å². The number of nitrogens with zero attached hydrogens (tertiary/aromatic N) is 1. The Bertz CT molecular complexity index is 347. The number of likely N-dealkylation sites (N-methyl/N-ethyl adjacent to an activating group) is 1. The molecule has 14 heavy (non-hydrogen) atoms. The van der Waals surface area contributed by atoms with Crippen LogP contribution in [0.1, 0.15) is 5.56 Å². The Kier molecular flexibility index (Phi) is 2.96. The van der Waals surface area contributed by atoms with Gasteiger partial charge in [-0.25, -0.2) is 0 Å². The number of carbonyl (C=O) groups excluding carboxylic acids is 1. The smallest absolute Gasteiger partial charge is 0.226 e. The van der Waals surface area contributed by atoms with Crippen molar-refractivity contribution in [2.24, 2.45) is 0 Å². The van der Waals surface area contributed by atoms with Gasteiger partial charge in [0.15, 0.2) is 11.5 Å². The molecule has 0 fully saturated rings. The van der Waals surface area contributed by atoms with Gasteiger partial charge in [-0.2, -0.15) is 0 Å². The minimum Gasteiger partial charge on any atom is -0.504 e. The van der Waals surface area contributed by atoms with Crippen LogP contribution < -0.4 is 0 Å². The zero-order valence-electron chi connectivity index (χ0n) is 8.19. The normalized spacial score (nSPS) is 9.86. The quantitative estimate of drug-likeness (QED) is 0.684. The second-order valence-electron chi connectivity index (χ2n) is 3.29. The average molecular weight is 195 g/mol. The van der Waals surface area contributed by atoms with Crippen LogP contribution >= 0.6 is 0 Å². The van der Waals surface area contributed by atoms with Crippen LogP contribution in [0.15, 0.2) is 18.2 Å². The third kappa shape index (κ3) is 2.39. The molecule has 0 aliphatic heterocycles. The van der Waals surface area contributed by atoms with Crippen LogP contribution in [0.5, 0.6) is 11.5 Å².